The number of pyridine rings is 1. The van der Waals surface area contributed by atoms with E-state index < -0.39 is 22.9 Å². The molecular formula is C31H34N4O5. The predicted octanol–water partition coefficient (Wildman–Crippen LogP) is 4.29. The zero-order valence-corrected chi connectivity index (χ0v) is 23.0. The number of carbonyl (C=O) groups is 1. The number of hydrogen-bond donors (Lipinski definition) is 3. The number of aryl methyl sites for hydroxylation is 1. The Kier molecular flexibility index (Phi) is 8.11. The third kappa shape index (κ3) is 5.70. The van der Waals surface area contributed by atoms with E-state index >= 15 is 0 Å². The second kappa shape index (κ2) is 11.9. The molecule has 2 heterocycles. The molecule has 0 spiro atoms. The van der Waals surface area contributed by atoms with Crippen LogP contribution in [0.15, 0.2) is 58.1 Å². The number of hydrogen-bond acceptors (Lipinski definition) is 9. The minimum Gasteiger partial charge on any atom is -0.497 e. The van der Waals surface area contributed by atoms with Gasteiger partial charge in [0.05, 0.1) is 19.9 Å². The van der Waals surface area contributed by atoms with E-state index in [4.69, 9.17) is 9.47 Å². The number of carbonyl (C=O) groups excluding carboxylic acids is 1. The smallest absolute Gasteiger partial charge is 0.328 e. The maximum atomic E-state index is 12.7. The standard InChI is InChI=1S/C31H34N4O5/c1-18-15-20-10-13-22(39-2)17-23(20)30(33-18)34-21-11-8-19(9-12-21)16-25(31(38)40-3)35-27-26(28(36)29(27)37)24-7-5-4-6-14-32-24/h8-13,15,17,24-25,32,35H,4-7,14,16H2,1-3H3,(H,33,34). The number of ether oxygens (including phenoxy) is 2. The van der Waals surface area contributed by atoms with E-state index in [-0.39, 0.29) is 18.2 Å². The number of rotatable bonds is 9. The molecule has 40 heavy (non-hydrogen) atoms. The lowest BCUT2D eigenvalue weighted by atomic mass is 9.94. The summed E-state index contributed by atoms with van der Waals surface area (Å²) in [6, 6.07) is 14.6. The molecule has 9 nitrogen and oxygen atoms in total. The number of methoxy groups -OCH3 is 2. The van der Waals surface area contributed by atoms with E-state index in [0.29, 0.717) is 5.56 Å². The lowest BCUT2D eigenvalue weighted by Gasteiger charge is -2.24. The van der Waals surface area contributed by atoms with Gasteiger partial charge >= 0.3 is 5.97 Å². The van der Waals surface area contributed by atoms with Crippen LogP contribution in [-0.2, 0) is 16.0 Å². The Bertz CT molecular complexity index is 1580. The fourth-order valence-corrected chi connectivity index (χ4v) is 5.35. The van der Waals surface area contributed by atoms with Crippen molar-refractivity contribution in [3.63, 3.8) is 0 Å². The average molecular weight is 543 g/mol. The van der Waals surface area contributed by atoms with Crippen LogP contribution in [0, 0.1) is 6.92 Å². The zero-order chi connectivity index (χ0) is 28.2. The highest BCUT2D eigenvalue weighted by atomic mass is 16.5. The molecule has 9 heteroatoms. The van der Waals surface area contributed by atoms with Crippen molar-refractivity contribution in [2.45, 2.75) is 51.1 Å². The summed E-state index contributed by atoms with van der Waals surface area (Å²) in [7, 11) is 2.95. The van der Waals surface area contributed by atoms with Crippen molar-refractivity contribution in [3.8, 4) is 5.75 Å². The number of aromatic nitrogens is 1. The van der Waals surface area contributed by atoms with Crippen LogP contribution in [0.2, 0.25) is 0 Å². The SMILES string of the molecule is COC(=O)C(Cc1ccc(Nc2nc(C)cc3ccc(OC)cc23)cc1)Nc1c(C2CCCCCN2)c(=O)c1=O. The number of anilines is 3. The summed E-state index contributed by atoms with van der Waals surface area (Å²) in [5.74, 6) is 0.965. The number of fused-ring (bicyclic) bond motifs is 1. The van der Waals surface area contributed by atoms with Gasteiger partial charge in [-0.1, -0.05) is 31.0 Å². The molecule has 3 N–H and O–H groups in total. The summed E-state index contributed by atoms with van der Waals surface area (Å²) in [6.45, 7) is 2.75. The van der Waals surface area contributed by atoms with Crippen LogP contribution >= 0.6 is 0 Å². The Morgan fingerprint density at radius 2 is 1.85 bits per heavy atom. The quantitative estimate of drug-likeness (QED) is 0.210. The molecule has 1 saturated heterocycles. The van der Waals surface area contributed by atoms with Crippen LogP contribution in [0.1, 0.15) is 48.5 Å². The average Bonchev–Trinajstić information content (AvgIpc) is 3.25. The van der Waals surface area contributed by atoms with Crippen molar-refractivity contribution in [1.82, 2.24) is 10.3 Å². The third-order valence-electron chi connectivity index (χ3n) is 7.48. The van der Waals surface area contributed by atoms with Gasteiger partial charge in [-0.3, -0.25) is 9.59 Å². The van der Waals surface area contributed by atoms with Crippen molar-refractivity contribution in [2.24, 2.45) is 0 Å². The second-order valence-electron chi connectivity index (χ2n) is 10.2. The van der Waals surface area contributed by atoms with Gasteiger partial charge in [0.25, 0.3) is 0 Å². The fourth-order valence-electron chi connectivity index (χ4n) is 5.35. The lowest BCUT2D eigenvalue weighted by Crippen LogP contribution is -2.46. The van der Waals surface area contributed by atoms with Gasteiger partial charge in [-0.25, -0.2) is 9.78 Å². The molecule has 2 atom stereocenters. The van der Waals surface area contributed by atoms with Crippen LogP contribution in [0.25, 0.3) is 10.8 Å². The molecule has 5 rings (SSSR count). The van der Waals surface area contributed by atoms with Gasteiger partial charge in [0.1, 0.15) is 17.6 Å². The van der Waals surface area contributed by atoms with Crippen molar-refractivity contribution in [3.05, 3.63) is 85.8 Å². The molecule has 1 aliphatic rings. The molecule has 2 unspecified atom stereocenters. The molecule has 3 aromatic carbocycles. The van der Waals surface area contributed by atoms with Crippen LogP contribution in [-0.4, -0.2) is 37.8 Å². The van der Waals surface area contributed by atoms with Crippen LogP contribution in [0.4, 0.5) is 17.2 Å². The first-order chi connectivity index (χ1) is 19.4. The molecule has 4 aromatic rings. The van der Waals surface area contributed by atoms with Crippen molar-refractivity contribution >= 4 is 33.9 Å². The summed E-state index contributed by atoms with van der Waals surface area (Å²) in [4.78, 5) is 42.3. The van der Waals surface area contributed by atoms with Gasteiger partial charge in [-0.2, -0.15) is 0 Å². The summed E-state index contributed by atoms with van der Waals surface area (Å²) in [5, 5.41) is 11.8. The molecule has 0 amide bonds. The van der Waals surface area contributed by atoms with E-state index in [2.05, 4.69) is 20.9 Å². The summed E-state index contributed by atoms with van der Waals surface area (Å²) in [5.41, 5.74) is 2.21. The molecule has 208 valence electrons. The summed E-state index contributed by atoms with van der Waals surface area (Å²) < 4.78 is 10.4. The maximum absolute atomic E-state index is 12.7. The van der Waals surface area contributed by atoms with E-state index in [0.717, 1.165) is 71.5 Å². The number of esters is 1. The van der Waals surface area contributed by atoms with Gasteiger partial charge < -0.3 is 25.4 Å². The number of nitrogens with one attached hydrogen (secondary N) is 3. The van der Waals surface area contributed by atoms with E-state index in [1.165, 1.54) is 7.11 Å². The number of benzene rings is 2. The highest BCUT2D eigenvalue weighted by Crippen LogP contribution is 2.30. The molecule has 0 aliphatic carbocycles. The monoisotopic (exact) mass is 542 g/mol. The minimum absolute atomic E-state index is 0.176. The van der Waals surface area contributed by atoms with E-state index in [1.54, 1.807) is 7.11 Å². The third-order valence-corrected chi connectivity index (χ3v) is 7.48. The second-order valence-corrected chi connectivity index (χ2v) is 10.2. The van der Waals surface area contributed by atoms with E-state index in [9.17, 15) is 14.4 Å². The van der Waals surface area contributed by atoms with Gasteiger partial charge in [0.15, 0.2) is 0 Å². The Labute approximate surface area is 232 Å². The van der Waals surface area contributed by atoms with Crippen LogP contribution < -0.4 is 31.5 Å². The number of nitrogens with zero attached hydrogens (tertiary/aromatic N) is 1. The normalized spacial score (nSPS) is 16.3. The van der Waals surface area contributed by atoms with Crippen LogP contribution in [0.3, 0.4) is 0 Å². The molecule has 1 aromatic heterocycles. The van der Waals surface area contributed by atoms with Gasteiger partial charge in [-0.15, -0.1) is 0 Å². The summed E-state index contributed by atoms with van der Waals surface area (Å²) in [6.07, 6.45) is 4.18. The molecule has 1 fully saturated rings. The fraction of sp³-hybridized carbons (Fsp3) is 0.355. The van der Waals surface area contributed by atoms with Gasteiger partial charge in [0.2, 0.25) is 10.9 Å². The Morgan fingerprint density at radius 3 is 2.60 bits per heavy atom. The minimum atomic E-state index is -0.813. The van der Waals surface area contributed by atoms with Crippen molar-refractivity contribution in [1.29, 1.82) is 0 Å². The zero-order valence-electron chi connectivity index (χ0n) is 23.0. The maximum Gasteiger partial charge on any atom is 0.328 e. The molecule has 0 bridgehead atoms. The molecule has 1 aliphatic heterocycles. The largest absolute Gasteiger partial charge is 0.497 e. The highest BCUT2D eigenvalue weighted by Gasteiger charge is 2.31. The Hall–Kier alpha value is -4.24. The molecule has 0 saturated carbocycles. The first-order valence-corrected chi connectivity index (χ1v) is 13.6. The first-order valence-electron chi connectivity index (χ1n) is 13.6. The Balaban J connectivity index is 1.34. The highest BCUT2D eigenvalue weighted by molar-refractivity contribution is 5.94. The van der Waals surface area contributed by atoms with Crippen molar-refractivity contribution < 1.29 is 14.3 Å². The Morgan fingerprint density at radius 1 is 1.05 bits per heavy atom. The first kappa shape index (κ1) is 27.3. The van der Waals surface area contributed by atoms with Crippen LogP contribution in [0.5, 0.6) is 5.75 Å². The topological polar surface area (TPSA) is 119 Å². The lowest BCUT2D eigenvalue weighted by molar-refractivity contribution is -0.141. The molecule has 0 radical (unpaired) electrons. The van der Waals surface area contributed by atoms with E-state index in [1.807, 2.05) is 55.5 Å². The summed E-state index contributed by atoms with van der Waals surface area (Å²) >= 11 is 0. The van der Waals surface area contributed by atoms with Gasteiger partial charge in [-0.05, 0) is 67.6 Å². The van der Waals surface area contributed by atoms with Gasteiger partial charge in [0, 0.05) is 34.8 Å². The molecular weight excluding hydrogens is 508 g/mol. The predicted molar refractivity (Wildman–Crippen MR) is 156 cm³/mol. The van der Waals surface area contributed by atoms with Crippen molar-refractivity contribution in [2.75, 3.05) is 31.4 Å².